The van der Waals surface area contributed by atoms with Crippen LogP contribution in [0.5, 0.6) is 0 Å². The molecule has 0 N–H and O–H groups in total. The van der Waals surface area contributed by atoms with Crippen molar-refractivity contribution in [2.75, 3.05) is 58.3 Å². The number of hydrogen-bond acceptors (Lipinski definition) is 7. The molecule has 0 aliphatic carbocycles. The molecule has 7 heteroatoms. The van der Waals surface area contributed by atoms with E-state index < -0.39 is 18.0 Å². The third-order valence-corrected chi connectivity index (χ3v) is 4.37. The molecular weight excluding hydrogens is 372 g/mol. The average molecular weight is 400 g/mol. The maximum atomic E-state index is 12.2. The van der Waals surface area contributed by atoms with Gasteiger partial charge in [0.2, 0.25) is 0 Å². The number of anilines is 2. The number of esters is 2. The predicted octanol–water partition coefficient (Wildman–Crippen LogP) is 2.85. The Balaban J connectivity index is 1.83. The summed E-state index contributed by atoms with van der Waals surface area (Å²) in [6.07, 6.45) is -0.551. The molecule has 2 aromatic carbocycles. The van der Waals surface area contributed by atoms with E-state index in [1.54, 1.807) is 24.3 Å². The SMILES string of the molecule is COC(COC(=O)c1ccc(N(C)C)cc1)COC(=O)c1ccc(N(C)C)cc1. The van der Waals surface area contributed by atoms with Gasteiger partial charge in [-0.3, -0.25) is 0 Å². The number of benzene rings is 2. The second-order valence-electron chi connectivity index (χ2n) is 6.94. The minimum absolute atomic E-state index is 0.0163. The lowest BCUT2D eigenvalue weighted by Gasteiger charge is -2.16. The number of carbonyl (C=O) groups is 2. The van der Waals surface area contributed by atoms with E-state index >= 15 is 0 Å². The van der Waals surface area contributed by atoms with Crippen molar-refractivity contribution in [1.82, 2.24) is 0 Å². The molecule has 0 heterocycles. The summed E-state index contributed by atoms with van der Waals surface area (Å²) in [5.41, 5.74) is 2.87. The van der Waals surface area contributed by atoms with Crippen molar-refractivity contribution in [2.45, 2.75) is 6.10 Å². The van der Waals surface area contributed by atoms with E-state index in [-0.39, 0.29) is 13.2 Å². The Labute approximate surface area is 171 Å². The number of methoxy groups -OCH3 is 1. The number of carbonyl (C=O) groups excluding carboxylic acids is 2. The minimum Gasteiger partial charge on any atom is -0.459 e. The molecule has 156 valence electrons. The molecule has 0 atom stereocenters. The third kappa shape index (κ3) is 6.50. The van der Waals surface area contributed by atoms with Crippen LogP contribution < -0.4 is 9.80 Å². The van der Waals surface area contributed by atoms with Crippen LogP contribution in [-0.2, 0) is 14.2 Å². The first-order valence-corrected chi connectivity index (χ1v) is 9.23. The van der Waals surface area contributed by atoms with Crippen molar-refractivity contribution in [3.63, 3.8) is 0 Å². The minimum atomic E-state index is -0.551. The lowest BCUT2D eigenvalue weighted by molar-refractivity contribution is -0.0220. The first-order valence-electron chi connectivity index (χ1n) is 9.23. The second kappa shape index (κ2) is 10.5. The molecule has 0 bridgehead atoms. The number of ether oxygens (including phenoxy) is 3. The molecule has 0 saturated carbocycles. The van der Waals surface area contributed by atoms with E-state index in [1.165, 1.54) is 7.11 Å². The maximum absolute atomic E-state index is 12.2. The van der Waals surface area contributed by atoms with E-state index in [0.717, 1.165) is 11.4 Å². The molecule has 0 aliphatic rings. The highest BCUT2D eigenvalue weighted by Crippen LogP contribution is 2.14. The molecule has 0 amide bonds. The van der Waals surface area contributed by atoms with E-state index in [9.17, 15) is 9.59 Å². The molecule has 29 heavy (non-hydrogen) atoms. The fourth-order valence-electron chi connectivity index (χ4n) is 2.48. The normalized spacial score (nSPS) is 10.6. The van der Waals surface area contributed by atoms with Gasteiger partial charge >= 0.3 is 11.9 Å². The summed E-state index contributed by atoms with van der Waals surface area (Å²) >= 11 is 0. The van der Waals surface area contributed by atoms with Crippen LogP contribution in [0.2, 0.25) is 0 Å². The zero-order valence-corrected chi connectivity index (χ0v) is 17.5. The average Bonchev–Trinajstić information content (AvgIpc) is 2.73. The number of nitrogens with zero attached hydrogens (tertiary/aromatic N) is 2. The Morgan fingerprint density at radius 3 is 1.34 bits per heavy atom. The van der Waals surface area contributed by atoms with Crippen molar-refractivity contribution in [2.24, 2.45) is 0 Å². The molecule has 2 rings (SSSR count). The predicted molar refractivity (Wildman–Crippen MR) is 113 cm³/mol. The Kier molecular flexibility index (Phi) is 8.03. The first kappa shape index (κ1) is 22.2. The smallest absolute Gasteiger partial charge is 0.338 e. The Bertz CT molecular complexity index is 733. The molecule has 0 saturated heterocycles. The largest absolute Gasteiger partial charge is 0.459 e. The van der Waals surface area contributed by atoms with Crippen LogP contribution in [0.3, 0.4) is 0 Å². The maximum Gasteiger partial charge on any atom is 0.338 e. The molecule has 0 unspecified atom stereocenters. The third-order valence-electron chi connectivity index (χ3n) is 4.37. The Morgan fingerprint density at radius 1 is 0.724 bits per heavy atom. The molecule has 0 fully saturated rings. The van der Waals surface area contributed by atoms with Crippen molar-refractivity contribution in [3.05, 3.63) is 59.7 Å². The summed E-state index contributed by atoms with van der Waals surface area (Å²) < 4.78 is 15.8. The van der Waals surface area contributed by atoms with Crippen LogP contribution >= 0.6 is 0 Å². The summed E-state index contributed by atoms with van der Waals surface area (Å²) in [5, 5.41) is 0. The number of hydrogen-bond donors (Lipinski definition) is 0. The summed E-state index contributed by atoms with van der Waals surface area (Å²) in [7, 11) is 9.18. The fourth-order valence-corrected chi connectivity index (χ4v) is 2.48. The van der Waals surface area contributed by atoms with Gasteiger partial charge in [-0.1, -0.05) is 0 Å². The van der Waals surface area contributed by atoms with E-state index in [0.29, 0.717) is 11.1 Å². The lowest BCUT2D eigenvalue weighted by atomic mass is 10.2. The van der Waals surface area contributed by atoms with Crippen molar-refractivity contribution in [1.29, 1.82) is 0 Å². The zero-order chi connectivity index (χ0) is 21.4. The van der Waals surface area contributed by atoms with Gasteiger partial charge in [0, 0.05) is 46.7 Å². The van der Waals surface area contributed by atoms with Crippen molar-refractivity contribution in [3.8, 4) is 0 Å². The van der Waals surface area contributed by atoms with Crippen LogP contribution in [-0.4, -0.2) is 66.6 Å². The van der Waals surface area contributed by atoms with Gasteiger partial charge in [0.15, 0.2) is 0 Å². The lowest BCUT2D eigenvalue weighted by Crippen LogP contribution is -2.27. The van der Waals surface area contributed by atoms with Crippen molar-refractivity contribution >= 4 is 23.3 Å². The van der Waals surface area contributed by atoms with Gasteiger partial charge in [0.05, 0.1) is 11.1 Å². The van der Waals surface area contributed by atoms with Gasteiger partial charge in [-0.25, -0.2) is 9.59 Å². The fraction of sp³-hybridized carbons (Fsp3) is 0.364. The van der Waals surface area contributed by atoms with Gasteiger partial charge in [-0.15, -0.1) is 0 Å². The summed E-state index contributed by atoms with van der Waals surface area (Å²) in [6.45, 7) is -0.0325. The van der Waals surface area contributed by atoms with E-state index in [2.05, 4.69) is 0 Å². The summed E-state index contributed by atoms with van der Waals surface area (Å²) in [6, 6.07) is 14.2. The second-order valence-corrected chi connectivity index (χ2v) is 6.94. The molecule has 0 aromatic heterocycles. The Morgan fingerprint density at radius 2 is 1.07 bits per heavy atom. The van der Waals surface area contributed by atoms with Gasteiger partial charge in [-0.2, -0.15) is 0 Å². The monoisotopic (exact) mass is 400 g/mol. The molecule has 7 nitrogen and oxygen atoms in total. The van der Waals surface area contributed by atoms with Gasteiger partial charge in [0.25, 0.3) is 0 Å². The van der Waals surface area contributed by atoms with E-state index in [1.807, 2.05) is 62.3 Å². The highest BCUT2D eigenvalue weighted by atomic mass is 16.6. The topological polar surface area (TPSA) is 68.3 Å². The molecule has 2 aromatic rings. The highest BCUT2D eigenvalue weighted by Gasteiger charge is 2.16. The van der Waals surface area contributed by atoms with Gasteiger partial charge in [-0.05, 0) is 48.5 Å². The summed E-state index contributed by atoms with van der Waals surface area (Å²) in [4.78, 5) is 28.3. The zero-order valence-electron chi connectivity index (χ0n) is 17.5. The van der Waals surface area contributed by atoms with Crippen molar-refractivity contribution < 1.29 is 23.8 Å². The van der Waals surface area contributed by atoms with E-state index in [4.69, 9.17) is 14.2 Å². The first-order chi connectivity index (χ1) is 13.8. The quantitative estimate of drug-likeness (QED) is 0.600. The molecule has 0 radical (unpaired) electrons. The van der Waals surface area contributed by atoms with Crippen LogP contribution in [0, 0.1) is 0 Å². The van der Waals surface area contributed by atoms with Crippen LogP contribution in [0.4, 0.5) is 11.4 Å². The van der Waals surface area contributed by atoms with Crippen LogP contribution in [0.15, 0.2) is 48.5 Å². The van der Waals surface area contributed by atoms with Gasteiger partial charge in [0.1, 0.15) is 19.3 Å². The standard InChI is InChI=1S/C22H28N2O5/c1-23(2)18-10-6-16(7-11-18)21(25)28-14-20(27-5)15-29-22(26)17-8-12-19(13-9-17)24(3)4/h6-13,20H,14-15H2,1-5H3. The molecular formula is C22H28N2O5. The Hall–Kier alpha value is -3.06. The number of rotatable bonds is 9. The van der Waals surface area contributed by atoms with Gasteiger partial charge < -0.3 is 24.0 Å². The van der Waals surface area contributed by atoms with Crippen LogP contribution in [0.25, 0.3) is 0 Å². The highest BCUT2D eigenvalue weighted by molar-refractivity contribution is 5.90. The molecule has 0 spiro atoms. The molecule has 0 aliphatic heterocycles. The summed E-state index contributed by atoms with van der Waals surface area (Å²) in [5.74, 6) is -0.911. The van der Waals surface area contributed by atoms with Crippen LogP contribution in [0.1, 0.15) is 20.7 Å².